The standard InChI is InChI=1S/C15H19Cl2N/c16-13-3-1-2-11(14(13)17)8-15(9-18)7-10-4-5-12(15)6-10/h1-3,10,12H,4-9,18H2. The molecule has 3 heteroatoms. The lowest BCUT2D eigenvalue weighted by molar-refractivity contribution is 0.172. The van der Waals surface area contributed by atoms with Gasteiger partial charge in [0, 0.05) is 0 Å². The van der Waals surface area contributed by atoms with Crippen molar-refractivity contribution in [1.29, 1.82) is 0 Å². The smallest absolute Gasteiger partial charge is 0.0624 e. The van der Waals surface area contributed by atoms with E-state index in [0.29, 0.717) is 5.02 Å². The van der Waals surface area contributed by atoms with Crippen LogP contribution in [0.25, 0.3) is 0 Å². The predicted molar refractivity (Wildman–Crippen MR) is 77.1 cm³/mol. The van der Waals surface area contributed by atoms with Crippen molar-refractivity contribution in [3.8, 4) is 0 Å². The molecule has 0 spiro atoms. The van der Waals surface area contributed by atoms with Crippen molar-refractivity contribution in [1.82, 2.24) is 0 Å². The van der Waals surface area contributed by atoms with Crippen LogP contribution >= 0.6 is 23.2 Å². The molecule has 1 aromatic rings. The van der Waals surface area contributed by atoms with Crippen LogP contribution in [0.2, 0.25) is 10.0 Å². The predicted octanol–water partition coefficient (Wildman–Crippen LogP) is 4.30. The highest BCUT2D eigenvalue weighted by molar-refractivity contribution is 6.42. The highest BCUT2D eigenvalue weighted by atomic mass is 35.5. The van der Waals surface area contributed by atoms with Gasteiger partial charge < -0.3 is 5.73 Å². The molecule has 2 N–H and O–H groups in total. The minimum atomic E-state index is 0.275. The van der Waals surface area contributed by atoms with Crippen molar-refractivity contribution in [3.63, 3.8) is 0 Å². The van der Waals surface area contributed by atoms with E-state index in [1.807, 2.05) is 12.1 Å². The first kappa shape index (κ1) is 12.8. The van der Waals surface area contributed by atoms with E-state index in [-0.39, 0.29) is 5.41 Å². The Morgan fingerprint density at radius 1 is 1.28 bits per heavy atom. The summed E-state index contributed by atoms with van der Waals surface area (Å²) in [5.41, 5.74) is 7.56. The van der Waals surface area contributed by atoms with E-state index in [9.17, 15) is 0 Å². The van der Waals surface area contributed by atoms with E-state index < -0.39 is 0 Å². The molecule has 2 saturated carbocycles. The molecule has 2 aliphatic carbocycles. The van der Waals surface area contributed by atoms with Crippen LogP contribution in [0.3, 0.4) is 0 Å². The van der Waals surface area contributed by atoms with Crippen molar-refractivity contribution in [3.05, 3.63) is 33.8 Å². The summed E-state index contributed by atoms with van der Waals surface area (Å²) in [5.74, 6) is 1.69. The maximum absolute atomic E-state index is 6.32. The van der Waals surface area contributed by atoms with Crippen LogP contribution < -0.4 is 5.73 Å². The minimum Gasteiger partial charge on any atom is -0.330 e. The van der Waals surface area contributed by atoms with Crippen LogP contribution in [-0.2, 0) is 6.42 Å². The average molecular weight is 284 g/mol. The second kappa shape index (κ2) is 4.70. The number of hydrogen-bond acceptors (Lipinski definition) is 1. The number of hydrogen-bond donors (Lipinski definition) is 1. The van der Waals surface area contributed by atoms with Crippen LogP contribution in [-0.4, -0.2) is 6.54 Å². The Morgan fingerprint density at radius 3 is 2.72 bits per heavy atom. The molecule has 3 unspecified atom stereocenters. The van der Waals surface area contributed by atoms with Gasteiger partial charge in [-0.05, 0) is 61.1 Å². The summed E-state index contributed by atoms with van der Waals surface area (Å²) in [6.45, 7) is 0.775. The maximum atomic E-state index is 6.32. The largest absolute Gasteiger partial charge is 0.330 e. The monoisotopic (exact) mass is 283 g/mol. The molecular formula is C15H19Cl2N. The lowest BCUT2D eigenvalue weighted by Gasteiger charge is -2.37. The van der Waals surface area contributed by atoms with Crippen molar-refractivity contribution < 1.29 is 0 Å². The van der Waals surface area contributed by atoms with E-state index in [0.717, 1.165) is 29.8 Å². The summed E-state index contributed by atoms with van der Waals surface area (Å²) in [6, 6.07) is 5.93. The first-order chi connectivity index (χ1) is 8.64. The molecule has 0 radical (unpaired) electrons. The molecule has 1 aromatic carbocycles. The molecule has 0 amide bonds. The van der Waals surface area contributed by atoms with Gasteiger partial charge in [-0.1, -0.05) is 41.8 Å². The summed E-state index contributed by atoms with van der Waals surface area (Å²) in [4.78, 5) is 0. The van der Waals surface area contributed by atoms with Crippen molar-refractivity contribution in [2.24, 2.45) is 23.0 Å². The van der Waals surface area contributed by atoms with Gasteiger partial charge in [0.2, 0.25) is 0 Å². The third-order valence-electron chi connectivity index (χ3n) is 5.08. The molecule has 2 aliphatic rings. The molecule has 1 nitrogen and oxygen atoms in total. The van der Waals surface area contributed by atoms with Gasteiger partial charge in [0.05, 0.1) is 10.0 Å². The zero-order valence-corrected chi connectivity index (χ0v) is 12.0. The van der Waals surface area contributed by atoms with Gasteiger partial charge in [0.1, 0.15) is 0 Å². The highest BCUT2D eigenvalue weighted by Gasteiger charge is 2.49. The second-order valence-corrected chi connectivity index (χ2v) is 6.82. The Kier molecular flexibility index (Phi) is 3.34. The van der Waals surface area contributed by atoms with Gasteiger partial charge in [-0.2, -0.15) is 0 Å². The summed E-state index contributed by atoms with van der Waals surface area (Å²) < 4.78 is 0. The number of benzene rings is 1. The Bertz CT molecular complexity index is 460. The van der Waals surface area contributed by atoms with Gasteiger partial charge in [0.25, 0.3) is 0 Å². The zero-order valence-electron chi connectivity index (χ0n) is 10.5. The fourth-order valence-corrected chi connectivity index (χ4v) is 4.55. The molecule has 98 valence electrons. The fourth-order valence-electron chi connectivity index (χ4n) is 4.16. The number of halogens is 2. The molecule has 0 aliphatic heterocycles. The van der Waals surface area contributed by atoms with Crippen molar-refractivity contribution in [2.75, 3.05) is 6.54 Å². The van der Waals surface area contributed by atoms with E-state index in [1.54, 1.807) is 0 Å². The van der Waals surface area contributed by atoms with Crippen molar-refractivity contribution >= 4 is 23.2 Å². The molecule has 3 atom stereocenters. The minimum absolute atomic E-state index is 0.275. The summed E-state index contributed by atoms with van der Waals surface area (Å²) in [5, 5.41) is 1.37. The third-order valence-corrected chi connectivity index (χ3v) is 5.94. The molecule has 0 aromatic heterocycles. The van der Waals surface area contributed by atoms with Gasteiger partial charge in [-0.3, -0.25) is 0 Å². The summed E-state index contributed by atoms with van der Waals surface area (Å²) in [6.07, 6.45) is 6.38. The van der Waals surface area contributed by atoms with E-state index >= 15 is 0 Å². The molecular weight excluding hydrogens is 265 g/mol. The van der Waals surface area contributed by atoms with Crippen LogP contribution in [0.5, 0.6) is 0 Å². The second-order valence-electron chi connectivity index (χ2n) is 6.04. The van der Waals surface area contributed by atoms with Crippen LogP contribution in [0.15, 0.2) is 18.2 Å². The molecule has 0 saturated heterocycles. The Balaban J connectivity index is 1.88. The zero-order chi connectivity index (χ0) is 12.8. The molecule has 2 fully saturated rings. The van der Waals surface area contributed by atoms with E-state index in [1.165, 1.54) is 31.2 Å². The number of fused-ring (bicyclic) bond motifs is 2. The topological polar surface area (TPSA) is 26.0 Å². The summed E-state index contributed by atoms with van der Waals surface area (Å²) in [7, 11) is 0. The van der Waals surface area contributed by atoms with Crippen LogP contribution in [0.1, 0.15) is 31.2 Å². The Hall–Kier alpha value is -0.240. The Morgan fingerprint density at radius 2 is 2.11 bits per heavy atom. The first-order valence-corrected chi connectivity index (χ1v) is 7.53. The van der Waals surface area contributed by atoms with E-state index in [2.05, 4.69) is 6.07 Å². The maximum Gasteiger partial charge on any atom is 0.0624 e. The van der Waals surface area contributed by atoms with Gasteiger partial charge >= 0.3 is 0 Å². The van der Waals surface area contributed by atoms with Gasteiger partial charge in [-0.25, -0.2) is 0 Å². The summed E-state index contributed by atoms with van der Waals surface area (Å²) >= 11 is 12.4. The molecule has 3 rings (SSSR count). The lowest BCUT2D eigenvalue weighted by Crippen LogP contribution is -2.38. The molecule has 18 heavy (non-hydrogen) atoms. The first-order valence-electron chi connectivity index (χ1n) is 6.77. The average Bonchev–Trinajstić information content (AvgIpc) is 2.96. The normalized spacial score (nSPS) is 34.2. The quantitative estimate of drug-likeness (QED) is 0.879. The third kappa shape index (κ3) is 1.97. The van der Waals surface area contributed by atoms with Gasteiger partial charge in [-0.15, -0.1) is 0 Å². The molecule has 2 bridgehead atoms. The Labute approximate surface area is 119 Å². The highest BCUT2D eigenvalue weighted by Crippen LogP contribution is 2.57. The van der Waals surface area contributed by atoms with Crippen LogP contribution in [0.4, 0.5) is 0 Å². The van der Waals surface area contributed by atoms with Crippen LogP contribution in [0, 0.1) is 17.3 Å². The fraction of sp³-hybridized carbons (Fsp3) is 0.600. The number of nitrogens with two attached hydrogens (primary N) is 1. The van der Waals surface area contributed by atoms with Gasteiger partial charge in [0.15, 0.2) is 0 Å². The van der Waals surface area contributed by atoms with Crippen molar-refractivity contribution in [2.45, 2.75) is 32.1 Å². The number of rotatable bonds is 3. The SMILES string of the molecule is NCC1(Cc2cccc(Cl)c2Cl)CC2CCC1C2. The van der Waals surface area contributed by atoms with E-state index in [4.69, 9.17) is 28.9 Å². The molecule has 0 heterocycles. The lowest BCUT2D eigenvalue weighted by atomic mass is 9.69.